The van der Waals surface area contributed by atoms with E-state index in [9.17, 15) is 0 Å². The summed E-state index contributed by atoms with van der Waals surface area (Å²) in [7, 11) is 0. The Balaban J connectivity index is 1.82. The summed E-state index contributed by atoms with van der Waals surface area (Å²) in [5.41, 5.74) is 0.862. The van der Waals surface area contributed by atoms with Crippen molar-refractivity contribution in [2.24, 2.45) is 10.2 Å². The van der Waals surface area contributed by atoms with E-state index in [1.807, 2.05) is 54.1 Å². The highest BCUT2D eigenvalue weighted by Crippen LogP contribution is 2.18. The maximum absolute atomic E-state index is 5.65. The first kappa shape index (κ1) is 13.1. The van der Waals surface area contributed by atoms with Crippen molar-refractivity contribution >= 4 is 45.3 Å². The Bertz CT molecular complexity index is 724. The van der Waals surface area contributed by atoms with Gasteiger partial charge in [-0.3, -0.25) is 0 Å². The first-order valence-corrected chi connectivity index (χ1v) is 8.15. The molecule has 0 saturated carbocycles. The van der Waals surface area contributed by atoms with Crippen molar-refractivity contribution in [3.8, 4) is 0 Å². The highest BCUT2D eigenvalue weighted by molar-refractivity contribution is 8.14. The lowest BCUT2D eigenvalue weighted by Gasteiger charge is -1.94. The van der Waals surface area contributed by atoms with Gasteiger partial charge in [-0.05, 0) is 29.8 Å². The number of thiophene rings is 1. The van der Waals surface area contributed by atoms with Crippen molar-refractivity contribution in [1.82, 2.24) is 0 Å². The van der Waals surface area contributed by atoms with Crippen molar-refractivity contribution in [1.29, 1.82) is 0 Å². The number of fused-ring (bicyclic) bond motifs is 1. The van der Waals surface area contributed by atoms with E-state index in [0.29, 0.717) is 5.76 Å². The Morgan fingerprint density at radius 1 is 1.25 bits per heavy atom. The lowest BCUT2D eigenvalue weighted by Crippen LogP contribution is -1.89. The average Bonchev–Trinajstić information content (AvgIpc) is 3.12. The van der Waals surface area contributed by atoms with Gasteiger partial charge in [0.2, 0.25) is 0 Å². The molecular weight excluding hydrogens is 288 g/mol. The van der Waals surface area contributed by atoms with E-state index >= 15 is 0 Å². The van der Waals surface area contributed by atoms with E-state index in [-0.39, 0.29) is 0 Å². The van der Waals surface area contributed by atoms with Crippen LogP contribution in [0.25, 0.3) is 11.0 Å². The van der Waals surface area contributed by atoms with E-state index in [1.54, 1.807) is 29.3 Å². The maximum Gasteiger partial charge on any atom is 0.148 e. The Kier molecular flexibility index (Phi) is 3.99. The highest BCUT2D eigenvalue weighted by atomic mass is 32.2. The van der Waals surface area contributed by atoms with Gasteiger partial charge in [-0.15, -0.1) is 28.2 Å². The minimum atomic E-state index is 0.710. The third-order valence-corrected chi connectivity index (χ3v) is 4.40. The number of hydrogen-bond acceptors (Lipinski definition) is 5. The van der Waals surface area contributed by atoms with Crippen LogP contribution in [0.2, 0.25) is 0 Å². The second-order valence-corrected chi connectivity index (χ2v) is 5.76. The third kappa shape index (κ3) is 2.84. The fourth-order valence-corrected chi connectivity index (χ4v) is 3.19. The van der Waals surface area contributed by atoms with Crippen molar-refractivity contribution in [3.63, 3.8) is 0 Å². The van der Waals surface area contributed by atoms with Crippen molar-refractivity contribution in [2.75, 3.05) is 6.26 Å². The monoisotopic (exact) mass is 300 g/mol. The summed E-state index contributed by atoms with van der Waals surface area (Å²) in [4.78, 5) is 1.12. The minimum absolute atomic E-state index is 0.710. The Morgan fingerprint density at radius 2 is 2.15 bits per heavy atom. The van der Waals surface area contributed by atoms with Crippen LogP contribution in [0.5, 0.6) is 0 Å². The lowest BCUT2D eigenvalue weighted by molar-refractivity contribution is 0.607. The van der Waals surface area contributed by atoms with E-state index in [4.69, 9.17) is 4.42 Å². The van der Waals surface area contributed by atoms with Gasteiger partial charge in [0.25, 0.3) is 0 Å². The molecule has 3 nitrogen and oxygen atoms in total. The molecule has 0 bridgehead atoms. The SMILES string of the molecule is CSC(=NN=Cc1cc2ccccc2o1)c1cccs1. The van der Waals surface area contributed by atoms with Crippen LogP contribution in [-0.4, -0.2) is 17.5 Å². The zero-order valence-corrected chi connectivity index (χ0v) is 12.4. The molecule has 1 aromatic carbocycles. The molecule has 0 aliphatic rings. The Hall–Kier alpha value is -1.85. The fraction of sp³-hybridized carbons (Fsp3) is 0.0667. The second kappa shape index (κ2) is 6.07. The predicted octanol–water partition coefficient (Wildman–Crippen LogP) is 4.64. The van der Waals surface area contributed by atoms with Gasteiger partial charge in [0, 0.05) is 5.39 Å². The van der Waals surface area contributed by atoms with Crippen LogP contribution in [0.4, 0.5) is 0 Å². The van der Waals surface area contributed by atoms with Gasteiger partial charge in [-0.1, -0.05) is 24.3 Å². The summed E-state index contributed by atoms with van der Waals surface area (Å²) in [6.45, 7) is 0. The maximum atomic E-state index is 5.65. The van der Waals surface area contributed by atoms with Crippen LogP contribution >= 0.6 is 23.1 Å². The van der Waals surface area contributed by atoms with Crippen LogP contribution < -0.4 is 0 Å². The largest absolute Gasteiger partial charge is 0.455 e. The van der Waals surface area contributed by atoms with Gasteiger partial charge in [-0.2, -0.15) is 5.10 Å². The molecular formula is C15H12N2OS2. The molecule has 0 atom stereocenters. The van der Waals surface area contributed by atoms with E-state index in [0.717, 1.165) is 20.9 Å². The number of hydrogen-bond donors (Lipinski definition) is 0. The Morgan fingerprint density at radius 3 is 2.90 bits per heavy atom. The first-order chi connectivity index (χ1) is 9.86. The molecule has 0 radical (unpaired) electrons. The zero-order valence-electron chi connectivity index (χ0n) is 10.8. The van der Waals surface area contributed by atoms with Gasteiger partial charge < -0.3 is 4.42 Å². The van der Waals surface area contributed by atoms with Crippen LogP contribution in [0.1, 0.15) is 10.6 Å². The van der Waals surface area contributed by atoms with Crippen molar-refractivity contribution in [3.05, 3.63) is 58.5 Å². The molecule has 0 spiro atoms. The van der Waals surface area contributed by atoms with E-state index < -0.39 is 0 Å². The molecule has 3 aromatic rings. The molecule has 2 aromatic heterocycles. The van der Waals surface area contributed by atoms with Crippen LogP contribution in [-0.2, 0) is 0 Å². The third-order valence-electron chi connectivity index (χ3n) is 2.70. The normalized spacial score (nSPS) is 12.6. The number of benzene rings is 1. The van der Waals surface area contributed by atoms with Gasteiger partial charge in [-0.25, -0.2) is 0 Å². The van der Waals surface area contributed by atoms with Crippen LogP contribution in [0.15, 0.2) is 62.5 Å². The van der Waals surface area contributed by atoms with Gasteiger partial charge in [0.1, 0.15) is 16.4 Å². The van der Waals surface area contributed by atoms with Crippen molar-refractivity contribution < 1.29 is 4.42 Å². The number of furan rings is 1. The van der Waals surface area contributed by atoms with Gasteiger partial charge >= 0.3 is 0 Å². The number of para-hydroxylation sites is 1. The molecule has 0 aliphatic carbocycles. The quantitative estimate of drug-likeness (QED) is 0.401. The Labute approximate surface area is 125 Å². The van der Waals surface area contributed by atoms with Crippen LogP contribution in [0, 0.1) is 0 Å². The van der Waals surface area contributed by atoms with Crippen LogP contribution in [0.3, 0.4) is 0 Å². The first-order valence-electron chi connectivity index (χ1n) is 6.04. The molecule has 3 rings (SSSR count). The number of rotatable bonds is 3. The summed E-state index contributed by atoms with van der Waals surface area (Å²) in [6.07, 6.45) is 3.64. The minimum Gasteiger partial charge on any atom is -0.455 e. The summed E-state index contributed by atoms with van der Waals surface area (Å²) >= 11 is 3.24. The molecule has 20 heavy (non-hydrogen) atoms. The molecule has 0 saturated heterocycles. The van der Waals surface area contributed by atoms with Crippen molar-refractivity contribution in [2.45, 2.75) is 0 Å². The van der Waals surface area contributed by atoms with E-state index in [1.165, 1.54) is 0 Å². The standard InChI is InChI=1S/C15H12N2OS2/c1-19-15(14-7-4-8-20-14)17-16-10-12-9-11-5-2-3-6-13(11)18-12/h2-10H,1H3. The fourth-order valence-electron chi connectivity index (χ4n) is 1.80. The molecule has 0 unspecified atom stereocenters. The predicted molar refractivity (Wildman–Crippen MR) is 88.2 cm³/mol. The zero-order chi connectivity index (χ0) is 13.8. The lowest BCUT2D eigenvalue weighted by atomic mass is 10.2. The van der Waals surface area contributed by atoms with E-state index in [2.05, 4.69) is 10.2 Å². The number of thioether (sulfide) groups is 1. The molecule has 0 N–H and O–H groups in total. The van der Waals surface area contributed by atoms with Gasteiger partial charge in [0.15, 0.2) is 0 Å². The molecule has 100 valence electrons. The molecule has 0 amide bonds. The summed E-state index contributed by atoms with van der Waals surface area (Å²) in [5, 5.41) is 12.4. The number of nitrogens with zero attached hydrogens (tertiary/aromatic N) is 2. The second-order valence-electron chi connectivity index (χ2n) is 4.02. The summed E-state index contributed by atoms with van der Waals surface area (Å²) in [6, 6.07) is 13.9. The highest BCUT2D eigenvalue weighted by Gasteiger charge is 2.02. The molecule has 2 heterocycles. The summed E-state index contributed by atoms with van der Waals surface area (Å²) in [5.74, 6) is 0.710. The average molecular weight is 300 g/mol. The molecule has 5 heteroatoms. The summed E-state index contributed by atoms with van der Waals surface area (Å²) < 4.78 is 5.65. The topological polar surface area (TPSA) is 37.9 Å². The smallest absolute Gasteiger partial charge is 0.148 e. The molecule has 0 fully saturated rings. The van der Waals surface area contributed by atoms with Gasteiger partial charge in [0.05, 0.1) is 11.1 Å². The molecule has 0 aliphatic heterocycles.